The zero-order chi connectivity index (χ0) is 20.2. The average molecular weight is 449 g/mol. The summed E-state index contributed by atoms with van der Waals surface area (Å²) in [4.78, 5) is 16.6. The van der Waals surface area contributed by atoms with Crippen molar-refractivity contribution in [3.63, 3.8) is 0 Å². The molecular weight excluding hydrogens is 435 g/mol. The molecule has 4 aromatic rings. The fraction of sp³-hybridized carbons (Fsp3) is 0.176. The Balaban J connectivity index is 1.31. The fourth-order valence-corrected chi connectivity index (χ4v) is 4.37. The van der Waals surface area contributed by atoms with Crippen molar-refractivity contribution in [3.8, 4) is 0 Å². The number of benzene rings is 1. The SMILES string of the molecule is Cc1nc(Cc2nnc(SCc3nnc(C(=O)Nc4ccc(F)cc4)s3)o2)cs1. The minimum Gasteiger partial charge on any atom is -0.416 e. The normalized spacial score (nSPS) is 11.0. The van der Waals surface area contributed by atoms with Crippen LogP contribution in [0.25, 0.3) is 0 Å². The molecule has 0 saturated heterocycles. The number of aryl methyl sites for hydroxylation is 1. The van der Waals surface area contributed by atoms with Gasteiger partial charge in [-0.25, -0.2) is 9.37 Å². The van der Waals surface area contributed by atoms with Crippen LogP contribution in [0.2, 0.25) is 0 Å². The van der Waals surface area contributed by atoms with E-state index in [1.807, 2.05) is 12.3 Å². The lowest BCUT2D eigenvalue weighted by atomic mass is 10.3. The number of hydrogen-bond acceptors (Lipinski definition) is 10. The van der Waals surface area contributed by atoms with Gasteiger partial charge in [0.15, 0.2) is 0 Å². The number of thioether (sulfide) groups is 1. The van der Waals surface area contributed by atoms with Gasteiger partial charge in [-0.2, -0.15) is 0 Å². The van der Waals surface area contributed by atoms with E-state index in [2.05, 4.69) is 30.7 Å². The van der Waals surface area contributed by atoms with Crippen molar-refractivity contribution in [2.24, 2.45) is 0 Å². The summed E-state index contributed by atoms with van der Waals surface area (Å²) >= 11 is 4.06. The van der Waals surface area contributed by atoms with Gasteiger partial charge in [0.2, 0.25) is 10.9 Å². The Morgan fingerprint density at radius 1 is 1.21 bits per heavy atom. The number of aromatic nitrogens is 5. The van der Waals surface area contributed by atoms with Crippen molar-refractivity contribution in [1.29, 1.82) is 0 Å². The van der Waals surface area contributed by atoms with Gasteiger partial charge in [-0.1, -0.05) is 23.1 Å². The molecule has 3 heterocycles. The topological polar surface area (TPSA) is 107 Å². The van der Waals surface area contributed by atoms with Crippen LogP contribution in [-0.2, 0) is 12.2 Å². The lowest BCUT2D eigenvalue weighted by molar-refractivity contribution is 0.102. The highest BCUT2D eigenvalue weighted by Gasteiger charge is 2.15. The van der Waals surface area contributed by atoms with Gasteiger partial charge in [0, 0.05) is 11.1 Å². The molecule has 0 spiro atoms. The van der Waals surface area contributed by atoms with Gasteiger partial charge in [0.05, 0.1) is 22.9 Å². The highest BCUT2D eigenvalue weighted by atomic mass is 32.2. The lowest BCUT2D eigenvalue weighted by Gasteiger charge is -2.01. The third kappa shape index (κ3) is 5.22. The molecule has 0 saturated carbocycles. The van der Waals surface area contributed by atoms with E-state index in [0.29, 0.717) is 34.0 Å². The van der Waals surface area contributed by atoms with Crippen molar-refractivity contribution in [2.45, 2.75) is 24.3 Å². The molecule has 0 unspecified atom stereocenters. The molecule has 12 heteroatoms. The number of thiazole rings is 1. The number of anilines is 1. The Bertz CT molecular complexity index is 1120. The smallest absolute Gasteiger partial charge is 0.286 e. The molecule has 4 rings (SSSR count). The summed E-state index contributed by atoms with van der Waals surface area (Å²) in [5.41, 5.74) is 1.38. The molecule has 0 aliphatic carbocycles. The van der Waals surface area contributed by atoms with Crippen LogP contribution in [0.3, 0.4) is 0 Å². The highest BCUT2D eigenvalue weighted by Crippen LogP contribution is 2.24. The predicted molar refractivity (Wildman–Crippen MR) is 108 cm³/mol. The molecule has 0 radical (unpaired) electrons. The molecule has 3 aromatic heterocycles. The first-order chi connectivity index (χ1) is 14.0. The molecule has 0 fully saturated rings. The number of amides is 1. The van der Waals surface area contributed by atoms with Crippen LogP contribution in [0, 0.1) is 12.7 Å². The summed E-state index contributed by atoms with van der Waals surface area (Å²) in [6, 6.07) is 5.49. The minimum atomic E-state index is -0.399. The molecule has 0 aliphatic heterocycles. The van der Waals surface area contributed by atoms with Crippen molar-refractivity contribution in [2.75, 3.05) is 5.32 Å². The lowest BCUT2D eigenvalue weighted by Crippen LogP contribution is -2.11. The van der Waals surface area contributed by atoms with Crippen molar-refractivity contribution in [3.05, 3.63) is 62.1 Å². The maximum absolute atomic E-state index is 12.9. The number of hydrogen-bond donors (Lipinski definition) is 1. The summed E-state index contributed by atoms with van der Waals surface area (Å²) in [7, 11) is 0. The quantitative estimate of drug-likeness (QED) is 0.424. The van der Waals surface area contributed by atoms with Gasteiger partial charge >= 0.3 is 0 Å². The van der Waals surface area contributed by atoms with E-state index in [1.165, 1.54) is 47.4 Å². The summed E-state index contributed by atoms with van der Waals surface area (Å²) in [6.45, 7) is 1.94. The van der Waals surface area contributed by atoms with Gasteiger partial charge in [-0.3, -0.25) is 4.79 Å². The molecule has 0 bridgehead atoms. The van der Waals surface area contributed by atoms with Crippen LogP contribution < -0.4 is 5.32 Å². The van der Waals surface area contributed by atoms with Crippen LogP contribution in [0.5, 0.6) is 0 Å². The first kappa shape index (κ1) is 19.6. The maximum Gasteiger partial charge on any atom is 0.286 e. The number of nitrogens with one attached hydrogen (secondary N) is 1. The van der Waals surface area contributed by atoms with Gasteiger partial charge < -0.3 is 9.73 Å². The number of nitrogens with zero attached hydrogens (tertiary/aromatic N) is 5. The second kappa shape index (κ2) is 8.76. The number of carbonyl (C=O) groups excluding carboxylic acids is 1. The Labute approximate surface area is 176 Å². The van der Waals surface area contributed by atoms with Gasteiger partial charge in [0.1, 0.15) is 10.8 Å². The van der Waals surface area contributed by atoms with Crippen molar-refractivity contribution in [1.82, 2.24) is 25.4 Å². The van der Waals surface area contributed by atoms with E-state index < -0.39 is 5.91 Å². The molecule has 8 nitrogen and oxygen atoms in total. The third-order valence-corrected chi connectivity index (χ3v) is 6.29. The van der Waals surface area contributed by atoms with Gasteiger partial charge in [-0.05, 0) is 31.2 Å². The van der Waals surface area contributed by atoms with Crippen LogP contribution >= 0.6 is 34.4 Å². The standard InChI is InChI=1S/C17H13FN6O2S3/c1-9-19-12(7-27-9)6-13-21-24-17(26-13)28-8-14-22-23-16(29-14)15(25)20-11-4-2-10(18)3-5-11/h2-5,7H,6,8H2,1H3,(H,20,25). The van der Waals surface area contributed by atoms with E-state index in [0.717, 1.165) is 10.7 Å². The molecule has 29 heavy (non-hydrogen) atoms. The molecular formula is C17H13FN6O2S3. The third-order valence-electron chi connectivity index (χ3n) is 3.53. The van der Waals surface area contributed by atoms with Crippen LogP contribution in [0.4, 0.5) is 10.1 Å². The van der Waals surface area contributed by atoms with Gasteiger partial charge in [0.25, 0.3) is 11.1 Å². The number of rotatable bonds is 7. The first-order valence-corrected chi connectivity index (χ1v) is 11.0. The van der Waals surface area contributed by atoms with E-state index in [-0.39, 0.29) is 10.8 Å². The van der Waals surface area contributed by atoms with E-state index in [4.69, 9.17) is 4.42 Å². The molecule has 1 N–H and O–H groups in total. The monoisotopic (exact) mass is 448 g/mol. The summed E-state index contributed by atoms with van der Waals surface area (Å²) in [6.07, 6.45) is 0.490. The van der Waals surface area contributed by atoms with E-state index >= 15 is 0 Å². The van der Waals surface area contributed by atoms with Crippen LogP contribution in [-0.4, -0.2) is 31.3 Å². The Kier molecular flexibility index (Phi) is 5.92. The van der Waals surface area contributed by atoms with E-state index in [9.17, 15) is 9.18 Å². The van der Waals surface area contributed by atoms with Crippen molar-refractivity contribution >= 4 is 46.0 Å². The average Bonchev–Trinajstić information content (AvgIpc) is 3.44. The number of carbonyl (C=O) groups is 1. The zero-order valence-corrected chi connectivity index (χ0v) is 17.4. The highest BCUT2D eigenvalue weighted by molar-refractivity contribution is 7.98. The molecule has 0 aliphatic rings. The Morgan fingerprint density at radius 3 is 2.79 bits per heavy atom. The van der Waals surface area contributed by atoms with Crippen LogP contribution in [0.15, 0.2) is 39.3 Å². The summed E-state index contributed by atoms with van der Waals surface area (Å²) in [5, 5.41) is 22.8. The zero-order valence-electron chi connectivity index (χ0n) is 15.0. The predicted octanol–water partition coefficient (Wildman–Crippen LogP) is 3.96. The van der Waals surface area contributed by atoms with Crippen molar-refractivity contribution < 1.29 is 13.6 Å². The minimum absolute atomic E-state index is 0.218. The second-order valence-electron chi connectivity index (χ2n) is 5.75. The fourth-order valence-electron chi connectivity index (χ4n) is 2.26. The maximum atomic E-state index is 12.9. The molecule has 1 amide bonds. The Hall–Kier alpha value is -2.70. The van der Waals surface area contributed by atoms with Crippen LogP contribution in [0.1, 0.15) is 31.4 Å². The Morgan fingerprint density at radius 2 is 2.03 bits per heavy atom. The number of halogens is 1. The second-order valence-corrected chi connectivity index (χ2v) is 8.80. The first-order valence-electron chi connectivity index (χ1n) is 8.30. The summed E-state index contributed by atoms with van der Waals surface area (Å²) in [5.74, 6) is 0.168. The molecule has 0 atom stereocenters. The largest absolute Gasteiger partial charge is 0.416 e. The summed E-state index contributed by atoms with van der Waals surface area (Å²) < 4.78 is 18.5. The molecule has 148 valence electrons. The van der Waals surface area contributed by atoms with E-state index in [1.54, 1.807) is 11.3 Å². The molecule has 1 aromatic carbocycles. The van der Waals surface area contributed by atoms with Gasteiger partial charge in [-0.15, -0.1) is 31.7 Å².